The summed E-state index contributed by atoms with van der Waals surface area (Å²) < 4.78 is 28.8. The number of thiophene rings is 1. The third-order valence-electron chi connectivity index (χ3n) is 6.48. The zero-order valence-electron chi connectivity index (χ0n) is 17.5. The summed E-state index contributed by atoms with van der Waals surface area (Å²) >= 11 is 1.20. The smallest absolute Gasteiger partial charge is 0.252 e. The summed E-state index contributed by atoms with van der Waals surface area (Å²) in [6, 6.07) is 16.0. The number of benzene rings is 2. The lowest BCUT2D eigenvalue weighted by Crippen LogP contribution is -2.41. The standard InChI is InChI=1S/C24H19N3O4S2/c28-23-17-6-2-1-5-16(17)22-21-18(23)7-3-8-19(21)27(25-22)24(29)15-10-12-26(13-11-15)33(30,31)20-9-4-14-32-20/h1-9,14-15H,10-13H2. The molecule has 1 saturated heterocycles. The summed E-state index contributed by atoms with van der Waals surface area (Å²) in [5, 5.41) is 7.11. The van der Waals surface area contributed by atoms with Crippen molar-refractivity contribution in [3.8, 4) is 11.3 Å². The molecular weight excluding hydrogens is 458 g/mol. The molecule has 2 aromatic carbocycles. The maximum Gasteiger partial charge on any atom is 0.252 e. The van der Waals surface area contributed by atoms with Crippen LogP contribution in [0, 0.1) is 5.92 Å². The van der Waals surface area contributed by atoms with Gasteiger partial charge in [-0.15, -0.1) is 11.3 Å². The van der Waals surface area contributed by atoms with E-state index in [1.54, 1.807) is 35.7 Å². The lowest BCUT2D eigenvalue weighted by Gasteiger charge is -2.29. The minimum atomic E-state index is -3.52. The van der Waals surface area contributed by atoms with Crippen LogP contribution in [-0.4, -0.2) is 47.3 Å². The van der Waals surface area contributed by atoms with Gasteiger partial charge in [0.15, 0.2) is 5.78 Å². The fourth-order valence-electron chi connectivity index (χ4n) is 4.80. The van der Waals surface area contributed by atoms with E-state index < -0.39 is 10.0 Å². The van der Waals surface area contributed by atoms with Gasteiger partial charge in [0, 0.05) is 41.1 Å². The number of hydrogen-bond acceptors (Lipinski definition) is 6. The minimum absolute atomic E-state index is 0.0669. The van der Waals surface area contributed by atoms with Gasteiger partial charge in [0.1, 0.15) is 9.90 Å². The monoisotopic (exact) mass is 477 g/mol. The maximum absolute atomic E-state index is 13.5. The van der Waals surface area contributed by atoms with Crippen molar-refractivity contribution in [2.45, 2.75) is 17.1 Å². The molecular formula is C24H19N3O4S2. The molecule has 9 heteroatoms. The second-order valence-electron chi connectivity index (χ2n) is 8.28. The SMILES string of the molecule is O=C1c2ccccc2-c2nn(C(=O)C3CCN(S(=O)(=O)c4cccs4)CC3)c3cccc1c23. The van der Waals surface area contributed by atoms with E-state index in [0.29, 0.717) is 44.8 Å². The number of fused-ring (bicyclic) bond motifs is 2. The van der Waals surface area contributed by atoms with Crippen molar-refractivity contribution in [3.05, 3.63) is 71.1 Å². The highest BCUT2D eigenvalue weighted by molar-refractivity contribution is 7.91. The van der Waals surface area contributed by atoms with Crippen molar-refractivity contribution in [3.63, 3.8) is 0 Å². The number of aromatic nitrogens is 2. The molecule has 2 aromatic heterocycles. The Morgan fingerprint density at radius 3 is 2.39 bits per heavy atom. The van der Waals surface area contributed by atoms with Crippen molar-refractivity contribution in [1.29, 1.82) is 0 Å². The van der Waals surface area contributed by atoms with Gasteiger partial charge in [-0.2, -0.15) is 14.1 Å². The molecule has 0 amide bonds. The third-order valence-corrected chi connectivity index (χ3v) is 9.75. The zero-order valence-corrected chi connectivity index (χ0v) is 19.1. The van der Waals surface area contributed by atoms with E-state index >= 15 is 0 Å². The Kier molecular flexibility index (Phi) is 4.62. The van der Waals surface area contributed by atoms with Gasteiger partial charge in [0.2, 0.25) is 0 Å². The van der Waals surface area contributed by atoms with Gasteiger partial charge >= 0.3 is 0 Å². The summed E-state index contributed by atoms with van der Waals surface area (Å²) in [6.45, 7) is 0.574. The van der Waals surface area contributed by atoms with Gasteiger partial charge in [0.05, 0.1) is 5.52 Å². The van der Waals surface area contributed by atoms with Crippen molar-refractivity contribution in [1.82, 2.24) is 14.1 Å². The Hall–Kier alpha value is -3.14. The molecule has 1 aliphatic carbocycles. The summed E-state index contributed by atoms with van der Waals surface area (Å²) in [5.41, 5.74) is 3.12. The lowest BCUT2D eigenvalue weighted by atomic mass is 9.87. The molecule has 0 N–H and O–H groups in total. The van der Waals surface area contributed by atoms with Gasteiger partial charge in [-0.05, 0) is 30.4 Å². The summed E-state index contributed by atoms with van der Waals surface area (Å²) in [7, 11) is -3.52. The molecule has 0 spiro atoms. The van der Waals surface area contributed by atoms with Gasteiger partial charge in [-0.25, -0.2) is 8.42 Å². The second kappa shape index (κ2) is 7.44. The fourth-order valence-corrected chi connectivity index (χ4v) is 7.42. The predicted molar refractivity (Wildman–Crippen MR) is 125 cm³/mol. The molecule has 4 aromatic rings. The van der Waals surface area contributed by atoms with Crippen LogP contribution >= 0.6 is 11.3 Å². The maximum atomic E-state index is 13.5. The lowest BCUT2D eigenvalue weighted by molar-refractivity contribution is 0.0776. The Bertz CT molecular complexity index is 1530. The first kappa shape index (κ1) is 20.5. The van der Waals surface area contributed by atoms with Gasteiger partial charge in [0.25, 0.3) is 15.9 Å². The number of sulfonamides is 1. The number of carbonyl (C=O) groups is 2. The minimum Gasteiger partial charge on any atom is -0.289 e. The van der Waals surface area contributed by atoms with Crippen molar-refractivity contribution >= 4 is 44.0 Å². The highest BCUT2D eigenvalue weighted by Crippen LogP contribution is 2.39. The van der Waals surface area contributed by atoms with Crippen molar-refractivity contribution in [2.75, 3.05) is 13.1 Å². The first-order valence-corrected chi connectivity index (χ1v) is 13.0. The quantitative estimate of drug-likeness (QED) is 0.391. The normalized spacial score (nSPS) is 16.8. The molecule has 0 radical (unpaired) electrons. The van der Waals surface area contributed by atoms with Crippen LogP contribution in [0.15, 0.2) is 64.2 Å². The van der Waals surface area contributed by atoms with Crippen LogP contribution < -0.4 is 0 Å². The predicted octanol–water partition coefficient (Wildman–Crippen LogP) is 4.05. The summed E-state index contributed by atoms with van der Waals surface area (Å²) in [4.78, 5) is 26.5. The van der Waals surface area contributed by atoms with Crippen LogP contribution in [-0.2, 0) is 10.0 Å². The van der Waals surface area contributed by atoms with Crippen molar-refractivity contribution < 1.29 is 18.0 Å². The molecule has 0 unspecified atom stereocenters. The number of hydrogen-bond donors (Lipinski definition) is 0. The van der Waals surface area contributed by atoms with E-state index in [0.717, 1.165) is 5.56 Å². The first-order chi connectivity index (χ1) is 16.0. The number of carbonyl (C=O) groups excluding carboxylic acids is 2. The molecule has 0 bridgehead atoms. The Morgan fingerprint density at radius 2 is 1.67 bits per heavy atom. The highest BCUT2D eigenvalue weighted by Gasteiger charge is 2.35. The summed E-state index contributed by atoms with van der Waals surface area (Å²) in [5.74, 6) is -0.572. The van der Waals surface area contributed by atoms with Crippen LogP contribution in [0.2, 0.25) is 0 Å². The van der Waals surface area contributed by atoms with Gasteiger partial charge in [-0.3, -0.25) is 9.59 Å². The van der Waals surface area contributed by atoms with Crippen LogP contribution in [0.5, 0.6) is 0 Å². The molecule has 0 saturated carbocycles. The molecule has 6 rings (SSSR count). The Labute approximate surface area is 194 Å². The zero-order chi connectivity index (χ0) is 22.7. The van der Waals surface area contributed by atoms with Crippen LogP contribution in [0.3, 0.4) is 0 Å². The molecule has 7 nitrogen and oxygen atoms in total. The first-order valence-electron chi connectivity index (χ1n) is 10.7. The number of rotatable bonds is 3. The molecule has 2 aliphatic rings. The van der Waals surface area contributed by atoms with E-state index in [4.69, 9.17) is 0 Å². The largest absolute Gasteiger partial charge is 0.289 e. The number of nitrogens with zero attached hydrogens (tertiary/aromatic N) is 3. The van der Waals surface area contributed by atoms with E-state index in [2.05, 4.69) is 5.10 Å². The highest BCUT2D eigenvalue weighted by atomic mass is 32.2. The average molecular weight is 478 g/mol. The Morgan fingerprint density at radius 1 is 0.939 bits per heavy atom. The van der Waals surface area contributed by atoms with Gasteiger partial charge < -0.3 is 0 Å². The molecule has 1 aliphatic heterocycles. The topological polar surface area (TPSA) is 89.3 Å². The average Bonchev–Trinajstić information content (AvgIpc) is 3.52. The number of ketones is 1. The summed E-state index contributed by atoms with van der Waals surface area (Å²) in [6.07, 6.45) is 0.852. The van der Waals surface area contributed by atoms with E-state index in [9.17, 15) is 18.0 Å². The van der Waals surface area contributed by atoms with E-state index in [-0.39, 0.29) is 30.7 Å². The molecule has 0 atom stereocenters. The van der Waals surface area contributed by atoms with Crippen molar-refractivity contribution in [2.24, 2.45) is 5.92 Å². The Balaban J connectivity index is 1.33. The van der Waals surface area contributed by atoms with Gasteiger partial charge in [-0.1, -0.05) is 42.5 Å². The van der Waals surface area contributed by atoms with E-state index in [1.807, 2.05) is 24.3 Å². The van der Waals surface area contributed by atoms with E-state index in [1.165, 1.54) is 20.3 Å². The number of piperidine rings is 1. The molecule has 1 fully saturated rings. The van der Waals surface area contributed by atoms with Crippen LogP contribution in [0.1, 0.15) is 33.6 Å². The third kappa shape index (κ3) is 3.03. The molecule has 3 heterocycles. The fraction of sp³-hybridized carbons (Fsp3) is 0.208. The molecule has 166 valence electrons. The van der Waals surface area contributed by atoms with Crippen LogP contribution in [0.4, 0.5) is 0 Å². The second-order valence-corrected chi connectivity index (χ2v) is 11.4. The molecule has 33 heavy (non-hydrogen) atoms. The van der Waals surface area contributed by atoms with Crippen LogP contribution in [0.25, 0.3) is 22.2 Å².